The summed E-state index contributed by atoms with van der Waals surface area (Å²) in [5, 5.41) is 1.01. The Labute approximate surface area is 135 Å². The highest BCUT2D eigenvalue weighted by atomic mass is 16.6. The van der Waals surface area contributed by atoms with Gasteiger partial charge in [0.1, 0.15) is 17.8 Å². The Morgan fingerprint density at radius 3 is 3.00 bits per heavy atom. The first-order chi connectivity index (χ1) is 10.9. The Kier molecular flexibility index (Phi) is 3.97. The molecule has 1 saturated heterocycles. The molecule has 2 aromatic rings. The SMILES string of the molecule is CCc1c[nH]c2ncnc(N3CC(C(=O)OC)OC(C)(C)C3)c12. The Bertz CT molecular complexity index is 725. The van der Waals surface area contributed by atoms with Crippen LogP contribution in [0.25, 0.3) is 11.0 Å². The van der Waals surface area contributed by atoms with Crippen LogP contribution in [0.15, 0.2) is 12.5 Å². The Morgan fingerprint density at radius 2 is 2.30 bits per heavy atom. The van der Waals surface area contributed by atoms with Gasteiger partial charge in [-0.2, -0.15) is 0 Å². The number of aromatic nitrogens is 3. The third kappa shape index (κ3) is 2.88. The number of anilines is 1. The van der Waals surface area contributed by atoms with Gasteiger partial charge in [-0.25, -0.2) is 14.8 Å². The van der Waals surface area contributed by atoms with Gasteiger partial charge in [0, 0.05) is 12.7 Å². The van der Waals surface area contributed by atoms with E-state index >= 15 is 0 Å². The molecule has 3 heterocycles. The predicted octanol–water partition coefficient (Wildman–Crippen LogP) is 1.68. The Balaban J connectivity index is 2.03. The summed E-state index contributed by atoms with van der Waals surface area (Å²) in [5.41, 5.74) is 1.50. The third-order valence-electron chi connectivity index (χ3n) is 4.10. The Hall–Kier alpha value is -2.15. The fourth-order valence-corrected chi connectivity index (χ4v) is 3.13. The van der Waals surface area contributed by atoms with Crippen molar-refractivity contribution in [3.8, 4) is 0 Å². The lowest BCUT2D eigenvalue weighted by Gasteiger charge is -2.42. The van der Waals surface area contributed by atoms with Crippen molar-refractivity contribution in [2.24, 2.45) is 0 Å². The minimum atomic E-state index is -0.627. The lowest BCUT2D eigenvalue weighted by atomic mass is 10.0. The van der Waals surface area contributed by atoms with Crippen molar-refractivity contribution in [3.63, 3.8) is 0 Å². The Morgan fingerprint density at radius 1 is 1.52 bits per heavy atom. The van der Waals surface area contributed by atoms with Crippen LogP contribution in [0, 0.1) is 0 Å². The van der Waals surface area contributed by atoms with Gasteiger partial charge < -0.3 is 19.4 Å². The molecule has 7 heteroatoms. The second-order valence-electron chi connectivity index (χ2n) is 6.36. The van der Waals surface area contributed by atoms with Gasteiger partial charge in [-0.05, 0) is 25.8 Å². The van der Waals surface area contributed by atoms with E-state index in [0.29, 0.717) is 13.1 Å². The highest BCUT2D eigenvalue weighted by Crippen LogP contribution is 2.31. The molecule has 0 bridgehead atoms. The number of carbonyl (C=O) groups is 1. The van der Waals surface area contributed by atoms with Crippen LogP contribution in [0.1, 0.15) is 26.3 Å². The van der Waals surface area contributed by atoms with Crippen LogP contribution >= 0.6 is 0 Å². The molecule has 124 valence electrons. The fourth-order valence-electron chi connectivity index (χ4n) is 3.13. The maximum Gasteiger partial charge on any atom is 0.336 e. The summed E-state index contributed by atoms with van der Waals surface area (Å²) in [6.45, 7) is 7.08. The molecule has 0 amide bonds. The molecule has 1 aliphatic rings. The van der Waals surface area contributed by atoms with Crippen molar-refractivity contribution in [1.29, 1.82) is 0 Å². The van der Waals surface area contributed by atoms with Crippen LogP contribution in [0.2, 0.25) is 0 Å². The molecule has 2 aromatic heterocycles. The van der Waals surface area contributed by atoms with E-state index in [-0.39, 0.29) is 5.97 Å². The zero-order chi connectivity index (χ0) is 16.6. The number of rotatable bonds is 3. The first kappa shape index (κ1) is 15.7. The number of fused-ring (bicyclic) bond motifs is 1. The number of carbonyl (C=O) groups excluding carboxylic acids is 1. The van der Waals surface area contributed by atoms with E-state index in [0.717, 1.165) is 28.8 Å². The van der Waals surface area contributed by atoms with Crippen molar-refractivity contribution in [3.05, 3.63) is 18.1 Å². The molecule has 1 N–H and O–H groups in total. The van der Waals surface area contributed by atoms with Crippen molar-refractivity contribution in [2.45, 2.75) is 38.9 Å². The van der Waals surface area contributed by atoms with Crippen LogP contribution < -0.4 is 4.90 Å². The number of nitrogens with zero attached hydrogens (tertiary/aromatic N) is 3. The van der Waals surface area contributed by atoms with Gasteiger partial charge in [-0.15, -0.1) is 0 Å². The summed E-state index contributed by atoms with van der Waals surface area (Å²) in [4.78, 5) is 26.0. The summed E-state index contributed by atoms with van der Waals surface area (Å²) in [6.07, 6.45) is 3.77. The molecule has 3 rings (SSSR count). The minimum Gasteiger partial charge on any atom is -0.467 e. The summed E-state index contributed by atoms with van der Waals surface area (Å²) < 4.78 is 10.7. The number of aromatic amines is 1. The fraction of sp³-hybridized carbons (Fsp3) is 0.562. The number of methoxy groups -OCH3 is 1. The van der Waals surface area contributed by atoms with Crippen molar-refractivity contribution < 1.29 is 14.3 Å². The molecular formula is C16H22N4O3. The average Bonchev–Trinajstić information content (AvgIpc) is 2.95. The molecule has 1 unspecified atom stereocenters. The van der Waals surface area contributed by atoms with E-state index in [4.69, 9.17) is 9.47 Å². The summed E-state index contributed by atoms with van der Waals surface area (Å²) in [5.74, 6) is 0.469. The smallest absolute Gasteiger partial charge is 0.336 e. The molecular weight excluding hydrogens is 296 g/mol. The molecule has 0 spiro atoms. The maximum atomic E-state index is 12.0. The molecule has 7 nitrogen and oxygen atoms in total. The van der Waals surface area contributed by atoms with Crippen LogP contribution in [-0.4, -0.2) is 52.8 Å². The minimum absolute atomic E-state index is 0.363. The first-order valence-corrected chi connectivity index (χ1v) is 7.76. The molecule has 1 aliphatic heterocycles. The number of esters is 1. The molecule has 0 saturated carbocycles. The largest absolute Gasteiger partial charge is 0.467 e. The van der Waals surface area contributed by atoms with Crippen molar-refractivity contribution in [2.75, 3.05) is 25.1 Å². The highest BCUT2D eigenvalue weighted by molar-refractivity contribution is 5.91. The van der Waals surface area contributed by atoms with E-state index in [1.165, 1.54) is 7.11 Å². The van der Waals surface area contributed by atoms with E-state index in [1.54, 1.807) is 6.33 Å². The number of hydrogen-bond acceptors (Lipinski definition) is 6. The van der Waals surface area contributed by atoms with Crippen LogP contribution in [-0.2, 0) is 20.7 Å². The van der Waals surface area contributed by atoms with Crippen molar-refractivity contribution in [1.82, 2.24) is 15.0 Å². The molecule has 1 atom stereocenters. The van der Waals surface area contributed by atoms with E-state index in [9.17, 15) is 4.79 Å². The quantitative estimate of drug-likeness (QED) is 0.867. The number of aryl methyl sites for hydroxylation is 1. The van der Waals surface area contributed by atoms with Crippen LogP contribution in [0.5, 0.6) is 0 Å². The predicted molar refractivity (Wildman–Crippen MR) is 86.4 cm³/mol. The lowest BCUT2D eigenvalue weighted by molar-refractivity contribution is -0.167. The first-order valence-electron chi connectivity index (χ1n) is 7.76. The summed E-state index contributed by atoms with van der Waals surface area (Å²) >= 11 is 0. The normalized spacial score (nSPS) is 20.7. The van der Waals surface area contributed by atoms with E-state index in [1.807, 2.05) is 20.0 Å². The number of hydrogen-bond donors (Lipinski definition) is 1. The van der Waals surface area contributed by atoms with Gasteiger partial charge in [0.2, 0.25) is 0 Å². The van der Waals surface area contributed by atoms with E-state index in [2.05, 4.69) is 26.8 Å². The maximum absolute atomic E-state index is 12.0. The van der Waals surface area contributed by atoms with Gasteiger partial charge in [0.25, 0.3) is 0 Å². The summed E-state index contributed by atoms with van der Waals surface area (Å²) in [7, 11) is 1.38. The zero-order valence-corrected chi connectivity index (χ0v) is 13.9. The van der Waals surface area contributed by atoms with Crippen LogP contribution in [0.3, 0.4) is 0 Å². The zero-order valence-electron chi connectivity index (χ0n) is 13.9. The molecule has 23 heavy (non-hydrogen) atoms. The van der Waals surface area contributed by atoms with Crippen LogP contribution in [0.4, 0.5) is 5.82 Å². The number of ether oxygens (including phenoxy) is 2. The molecule has 0 radical (unpaired) electrons. The third-order valence-corrected chi connectivity index (χ3v) is 4.10. The lowest BCUT2D eigenvalue weighted by Crippen LogP contribution is -2.55. The van der Waals surface area contributed by atoms with Gasteiger partial charge in [-0.1, -0.05) is 6.92 Å². The molecule has 1 fully saturated rings. The number of H-pyrrole nitrogens is 1. The average molecular weight is 318 g/mol. The van der Waals surface area contributed by atoms with Gasteiger partial charge in [-0.3, -0.25) is 0 Å². The van der Waals surface area contributed by atoms with Crippen molar-refractivity contribution >= 4 is 22.8 Å². The number of nitrogens with one attached hydrogen (secondary N) is 1. The molecule has 0 aliphatic carbocycles. The second-order valence-corrected chi connectivity index (χ2v) is 6.36. The molecule has 0 aromatic carbocycles. The second kappa shape index (κ2) is 5.81. The van der Waals surface area contributed by atoms with Gasteiger partial charge in [0.15, 0.2) is 6.10 Å². The highest BCUT2D eigenvalue weighted by Gasteiger charge is 2.38. The van der Waals surface area contributed by atoms with E-state index < -0.39 is 11.7 Å². The number of morpholine rings is 1. The summed E-state index contributed by atoms with van der Waals surface area (Å²) in [6, 6.07) is 0. The monoisotopic (exact) mass is 318 g/mol. The topological polar surface area (TPSA) is 80.3 Å². The standard InChI is InChI=1S/C16H22N4O3/c1-5-10-6-17-13-12(10)14(19-9-18-13)20-7-11(15(21)22-4)23-16(2,3)8-20/h6,9,11H,5,7-8H2,1-4H3,(H,17,18,19). The van der Waals surface area contributed by atoms with Gasteiger partial charge >= 0.3 is 5.97 Å². The van der Waals surface area contributed by atoms with Gasteiger partial charge in [0.05, 0.1) is 24.6 Å².